The maximum Gasteiger partial charge on any atom is 0.243 e. The first-order chi connectivity index (χ1) is 8.44. The average molecular weight is 253 g/mol. The highest BCUT2D eigenvalue weighted by molar-refractivity contribution is 5.43. The van der Waals surface area contributed by atoms with Gasteiger partial charge in [-0.25, -0.2) is 5.84 Å². The third-order valence-electron chi connectivity index (χ3n) is 3.13. The van der Waals surface area contributed by atoms with Crippen molar-refractivity contribution in [1.29, 1.82) is 0 Å². The lowest BCUT2D eigenvalue weighted by atomic mass is 9.96. The van der Waals surface area contributed by atoms with E-state index in [9.17, 15) is 0 Å². The van der Waals surface area contributed by atoms with E-state index in [2.05, 4.69) is 46.5 Å². The molecule has 0 aliphatic rings. The molecule has 0 fully saturated rings. The minimum atomic E-state index is -0.0309. The van der Waals surface area contributed by atoms with E-state index in [1.807, 2.05) is 19.0 Å². The van der Waals surface area contributed by atoms with Crippen LogP contribution in [-0.2, 0) is 0 Å². The lowest BCUT2D eigenvalue weighted by molar-refractivity contribution is 0.474. The molecule has 0 radical (unpaired) electrons. The largest absolute Gasteiger partial charge is 0.349 e. The number of rotatable bonds is 6. The van der Waals surface area contributed by atoms with Gasteiger partial charge in [-0.3, -0.25) is 5.43 Å². The predicted octanol–water partition coefficient (Wildman–Crippen LogP) is 1.21. The second-order valence-electron chi connectivity index (χ2n) is 4.71. The van der Waals surface area contributed by atoms with E-state index >= 15 is 0 Å². The number of nitrogens with zero attached hydrogens (tertiary/aromatic N) is 4. The third kappa shape index (κ3) is 3.43. The Bertz CT molecular complexity index is 387. The third-order valence-corrected chi connectivity index (χ3v) is 3.13. The van der Waals surface area contributed by atoms with Crippen molar-refractivity contribution in [2.45, 2.75) is 39.2 Å². The van der Waals surface area contributed by atoms with Crippen molar-refractivity contribution in [3.8, 4) is 0 Å². The van der Waals surface area contributed by atoms with E-state index in [1.165, 1.54) is 0 Å². The number of nitrogens with one attached hydrogen (secondary N) is 2. The van der Waals surface area contributed by atoms with Gasteiger partial charge in [-0.05, 0) is 19.8 Å². The first-order valence-electron chi connectivity index (χ1n) is 6.12. The molecular formula is C11H23N7. The molecule has 18 heavy (non-hydrogen) atoms. The Morgan fingerprint density at radius 1 is 1.11 bits per heavy atom. The number of aromatic nitrogens is 3. The summed E-state index contributed by atoms with van der Waals surface area (Å²) in [5.74, 6) is 6.82. The first-order valence-corrected chi connectivity index (χ1v) is 6.12. The van der Waals surface area contributed by atoms with Gasteiger partial charge in [0.05, 0.1) is 0 Å². The Balaban J connectivity index is 3.04. The van der Waals surface area contributed by atoms with Gasteiger partial charge in [0.1, 0.15) is 0 Å². The zero-order valence-electron chi connectivity index (χ0n) is 11.8. The summed E-state index contributed by atoms with van der Waals surface area (Å²) in [6.45, 7) is 6.40. The van der Waals surface area contributed by atoms with Crippen molar-refractivity contribution in [1.82, 2.24) is 15.0 Å². The molecule has 0 bridgehead atoms. The number of hydrogen-bond donors (Lipinski definition) is 3. The summed E-state index contributed by atoms with van der Waals surface area (Å²) in [4.78, 5) is 14.5. The number of hydrazine groups is 1. The molecule has 0 unspecified atom stereocenters. The average Bonchev–Trinajstić information content (AvgIpc) is 2.38. The highest BCUT2D eigenvalue weighted by Gasteiger charge is 2.21. The summed E-state index contributed by atoms with van der Waals surface area (Å²) < 4.78 is 0. The standard InChI is InChI=1S/C11H23N7/c1-6-11(3,7-2)16-8-13-9(17-12)15-10(14-8)18(4)5/h6-7,12H2,1-5H3,(H2,13,14,15,16,17). The number of nitrogens with two attached hydrogens (primary N) is 1. The topological polar surface area (TPSA) is 92.0 Å². The van der Waals surface area contributed by atoms with Gasteiger partial charge >= 0.3 is 0 Å². The molecule has 1 aromatic heterocycles. The van der Waals surface area contributed by atoms with Gasteiger partial charge in [0.25, 0.3) is 0 Å². The molecule has 0 spiro atoms. The van der Waals surface area contributed by atoms with Crippen molar-refractivity contribution in [3.63, 3.8) is 0 Å². The van der Waals surface area contributed by atoms with Crippen LogP contribution in [0.1, 0.15) is 33.6 Å². The summed E-state index contributed by atoms with van der Waals surface area (Å²) in [6.07, 6.45) is 1.97. The lowest BCUT2D eigenvalue weighted by Crippen LogP contribution is -2.34. The van der Waals surface area contributed by atoms with E-state index in [-0.39, 0.29) is 5.54 Å². The molecule has 1 heterocycles. The molecule has 0 aromatic carbocycles. The monoisotopic (exact) mass is 253 g/mol. The van der Waals surface area contributed by atoms with Gasteiger partial charge in [0, 0.05) is 19.6 Å². The summed E-state index contributed by atoms with van der Waals surface area (Å²) >= 11 is 0. The molecule has 1 rings (SSSR count). The Morgan fingerprint density at radius 2 is 1.67 bits per heavy atom. The molecule has 0 aliphatic heterocycles. The van der Waals surface area contributed by atoms with Crippen molar-refractivity contribution in [3.05, 3.63) is 0 Å². The van der Waals surface area contributed by atoms with Crippen molar-refractivity contribution in [2.24, 2.45) is 5.84 Å². The smallest absolute Gasteiger partial charge is 0.243 e. The highest BCUT2D eigenvalue weighted by Crippen LogP contribution is 2.20. The Hall–Kier alpha value is -1.63. The number of hydrogen-bond acceptors (Lipinski definition) is 7. The summed E-state index contributed by atoms with van der Waals surface area (Å²) in [7, 11) is 3.75. The summed E-state index contributed by atoms with van der Waals surface area (Å²) in [5, 5.41) is 3.34. The van der Waals surface area contributed by atoms with Gasteiger partial charge in [0.15, 0.2) is 0 Å². The quantitative estimate of drug-likeness (QED) is 0.518. The molecule has 0 amide bonds. The second-order valence-corrected chi connectivity index (χ2v) is 4.71. The number of anilines is 3. The van der Waals surface area contributed by atoms with E-state index < -0.39 is 0 Å². The fourth-order valence-electron chi connectivity index (χ4n) is 1.38. The molecule has 0 atom stereocenters. The van der Waals surface area contributed by atoms with Crippen molar-refractivity contribution >= 4 is 17.8 Å². The predicted molar refractivity (Wildman–Crippen MR) is 74.6 cm³/mol. The molecular weight excluding hydrogens is 230 g/mol. The van der Waals surface area contributed by atoms with Gasteiger partial charge in [0.2, 0.25) is 17.8 Å². The Labute approximate surface area is 108 Å². The Kier molecular flexibility index (Phi) is 4.66. The van der Waals surface area contributed by atoms with Gasteiger partial charge in [-0.1, -0.05) is 13.8 Å². The van der Waals surface area contributed by atoms with Crippen LogP contribution in [0.3, 0.4) is 0 Å². The first kappa shape index (κ1) is 14.4. The van der Waals surface area contributed by atoms with Crippen LogP contribution in [0.2, 0.25) is 0 Å². The minimum Gasteiger partial charge on any atom is -0.349 e. The van der Waals surface area contributed by atoms with E-state index in [0.29, 0.717) is 17.8 Å². The summed E-state index contributed by atoms with van der Waals surface area (Å²) in [6, 6.07) is 0. The summed E-state index contributed by atoms with van der Waals surface area (Å²) in [5.41, 5.74) is 2.42. The molecule has 7 heteroatoms. The fraction of sp³-hybridized carbons (Fsp3) is 0.727. The highest BCUT2D eigenvalue weighted by atomic mass is 15.4. The zero-order valence-corrected chi connectivity index (χ0v) is 11.8. The van der Waals surface area contributed by atoms with Crippen LogP contribution in [0.4, 0.5) is 17.8 Å². The Morgan fingerprint density at radius 3 is 2.11 bits per heavy atom. The van der Waals surface area contributed by atoms with Crippen LogP contribution >= 0.6 is 0 Å². The lowest BCUT2D eigenvalue weighted by Gasteiger charge is -2.28. The van der Waals surface area contributed by atoms with E-state index in [0.717, 1.165) is 12.8 Å². The van der Waals surface area contributed by atoms with Crippen molar-refractivity contribution < 1.29 is 0 Å². The second kappa shape index (κ2) is 5.81. The van der Waals surface area contributed by atoms with Crippen LogP contribution in [0.25, 0.3) is 0 Å². The maximum atomic E-state index is 5.37. The van der Waals surface area contributed by atoms with E-state index in [4.69, 9.17) is 5.84 Å². The zero-order chi connectivity index (χ0) is 13.8. The normalized spacial score (nSPS) is 11.2. The fourth-order valence-corrected chi connectivity index (χ4v) is 1.38. The molecule has 7 nitrogen and oxygen atoms in total. The van der Waals surface area contributed by atoms with Gasteiger partial charge in [-0.15, -0.1) is 0 Å². The van der Waals surface area contributed by atoms with Crippen LogP contribution in [-0.4, -0.2) is 34.6 Å². The van der Waals surface area contributed by atoms with Gasteiger partial charge < -0.3 is 10.2 Å². The van der Waals surface area contributed by atoms with Crippen LogP contribution < -0.4 is 21.5 Å². The SMILES string of the molecule is CCC(C)(CC)Nc1nc(NN)nc(N(C)C)n1. The van der Waals surface area contributed by atoms with E-state index in [1.54, 1.807) is 0 Å². The minimum absolute atomic E-state index is 0.0309. The van der Waals surface area contributed by atoms with Crippen LogP contribution in [0.5, 0.6) is 0 Å². The molecule has 4 N–H and O–H groups in total. The number of nitrogen functional groups attached to an aromatic ring is 1. The molecule has 0 aliphatic carbocycles. The molecule has 102 valence electrons. The molecule has 0 saturated carbocycles. The molecule has 0 saturated heterocycles. The van der Waals surface area contributed by atoms with Crippen LogP contribution in [0.15, 0.2) is 0 Å². The van der Waals surface area contributed by atoms with Crippen molar-refractivity contribution in [2.75, 3.05) is 29.7 Å². The van der Waals surface area contributed by atoms with Crippen LogP contribution in [0, 0.1) is 0 Å². The maximum absolute atomic E-state index is 5.37. The molecule has 1 aromatic rings. The van der Waals surface area contributed by atoms with Gasteiger partial charge in [-0.2, -0.15) is 15.0 Å².